The first kappa shape index (κ1) is 17.9. The molecule has 1 aromatic heterocycles. The normalized spacial score (nSPS) is 19.6. The van der Waals surface area contributed by atoms with Gasteiger partial charge in [0.2, 0.25) is 17.8 Å². The van der Waals surface area contributed by atoms with Crippen LogP contribution in [0.15, 0.2) is 42.7 Å². The summed E-state index contributed by atoms with van der Waals surface area (Å²) in [7, 11) is 0. The number of hydrogen-bond donors (Lipinski definition) is 0. The zero-order chi connectivity index (χ0) is 19.5. The molecule has 0 N–H and O–H groups in total. The van der Waals surface area contributed by atoms with E-state index in [1.54, 1.807) is 47.6 Å². The van der Waals surface area contributed by atoms with Gasteiger partial charge in [-0.3, -0.25) is 9.59 Å². The van der Waals surface area contributed by atoms with Gasteiger partial charge in [0.05, 0.1) is 17.6 Å². The molecule has 1 unspecified atom stereocenters. The number of carbonyl (C=O) groups excluding carboxylic acids is 2. The van der Waals surface area contributed by atoms with Gasteiger partial charge in [0, 0.05) is 57.2 Å². The Labute approximate surface area is 163 Å². The minimum atomic E-state index is -0.349. The maximum Gasteiger partial charge on any atom is 0.228 e. The molecule has 2 fully saturated rings. The quantitative estimate of drug-likeness (QED) is 0.795. The highest BCUT2D eigenvalue weighted by Gasteiger charge is 2.38. The molecule has 0 saturated carbocycles. The Morgan fingerprint density at radius 1 is 1.11 bits per heavy atom. The standard InChI is InChI=1S/C20H20N6O2/c21-13-15-3-1-4-17(11-15)26-14-16(12-18(26)27)19(28)24-7-9-25(10-8-24)20-22-5-2-6-23-20/h1-6,11,16H,7-10,12,14H2. The van der Waals surface area contributed by atoms with E-state index < -0.39 is 0 Å². The van der Waals surface area contributed by atoms with Crippen molar-refractivity contribution in [1.82, 2.24) is 14.9 Å². The topological polar surface area (TPSA) is 93.4 Å². The van der Waals surface area contributed by atoms with Crippen LogP contribution in [-0.4, -0.2) is 59.4 Å². The molecule has 1 aromatic carbocycles. The molecule has 0 bridgehead atoms. The Bertz CT molecular complexity index is 918. The summed E-state index contributed by atoms with van der Waals surface area (Å²) in [5.74, 6) is 0.262. The molecule has 0 spiro atoms. The van der Waals surface area contributed by atoms with Crippen molar-refractivity contribution in [2.24, 2.45) is 5.92 Å². The van der Waals surface area contributed by atoms with Crippen LogP contribution < -0.4 is 9.80 Å². The molecule has 28 heavy (non-hydrogen) atoms. The first-order valence-corrected chi connectivity index (χ1v) is 9.27. The van der Waals surface area contributed by atoms with E-state index in [0.717, 1.165) is 0 Å². The number of carbonyl (C=O) groups is 2. The second-order valence-electron chi connectivity index (χ2n) is 6.93. The van der Waals surface area contributed by atoms with Gasteiger partial charge in [-0.2, -0.15) is 5.26 Å². The molecule has 1 atom stereocenters. The average molecular weight is 376 g/mol. The maximum atomic E-state index is 12.9. The van der Waals surface area contributed by atoms with Gasteiger partial charge in [-0.1, -0.05) is 6.07 Å². The van der Waals surface area contributed by atoms with Gasteiger partial charge in [-0.05, 0) is 24.3 Å². The van der Waals surface area contributed by atoms with Gasteiger partial charge in [0.1, 0.15) is 0 Å². The molecule has 2 saturated heterocycles. The zero-order valence-electron chi connectivity index (χ0n) is 15.4. The second kappa shape index (κ2) is 7.64. The van der Waals surface area contributed by atoms with E-state index in [1.165, 1.54) is 0 Å². The fourth-order valence-electron chi connectivity index (χ4n) is 3.71. The van der Waals surface area contributed by atoms with Crippen LogP contribution in [0.25, 0.3) is 0 Å². The van der Waals surface area contributed by atoms with Crippen molar-refractivity contribution in [1.29, 1.82) is 5.26 Å². The summed E-state index contributed by atoms with van der Waals surface area (Å²) in [5, 5.41) is 9.06. The summed E-state index contributed by atoms with van der Waals surface area (Å²) < 4.78 is 0. The molecule has 8 nitrogen and oxygen atoms in total. The number of piperazine rings is 1. The van der Waals surface area contributed by atoms with E-state index in [-0.39, 0.29) is 24.2 Å². The van der Waals surface area contributed by atoms with Crippen LogP contribution in [0.1, 0.15) is 12.0 Å². The molecule has 3 heterocycles. The Hall–Kier alpha value is -3.47. The predicted molar refractivity (Wildman–Crippen MR) is 102 cm³/mol. The van der Waals surface area contributed by atoms with Crippen molar-refractivity contribution < 1.29 is 9.59 Å². The molecule has 2 aliphatic heterocycles. The zero-order valence-corrected chi connectivity index (χ0v) is 15.4. The summed E-state index contributed by atoms with van der Waals surface area (Å²) in [5.41, 5.74) is 1.17. The molecule has 4 rings (SSSR count). The Morgan fingerprint density at radius 3 is 2.57 bits per heavy atom. The molecule has 142 valence electrons. The van der Waals surface area contributed by atoms with E-state index in [9.17, 15) is 9.59 Å². The Kier molecular flexibility index (Phi) is 4.89. The third kappa shape index (κ3) is 3.51. The third-order valence-electron chi connectivity index (χ3n) is 5.19. The minimum absolute atomic E-state index is 0.0147. The van der Waals surface area contributed by atoms with Crippen LogP contribution in [-0.2, 0) is 9.59 Å². The summed E-state index contributed by atoms with van der Waals surface area (Å²) in [6, 6.07) is 10.8. The highest BCUT2D eigenvalue weighted by atomic mass is 16.2. The Balaban J connectivity index is 1.38. The first-order chi connectivity index (χ1) is 13.7. The lowest BCUT2D eigenvalue weighted by Crippen LogP contribution is -2.51. The monoisotopic (exact) mass is 376 g/mol. The summed E-state index contributed by atoms with van der Waals surface area (Å²) in [6.07, 6.45) is 3.62. The van der Waals surface area contributed by atoms with Crippen molar-refractivity contribution in [3.8, 4) is 6.07 Å². The lowest BCUT2D eigenvalue weighted by Gasteiger charge is -2.35. The fourth-order valence-corrected chi connectivity index (χ4v) is 3.71. The van der Waals surface area contributed by atoms with Crippen LogP contribution in [0.2, 0.25) is 0 Å². The molecule has 0 radical (unpaired) electrons. The van der Waals surface area contributed by atoms with Gasteiger partial charge in [-0.25, -0.2) is 9.97 Å². The number of aromatic nitrogens is 2. The largest absolute Gasteiger partial charge is 0.339 e. The van der Waals surface area contributed by atoms with Crippen molar-refractivity contribution in [3.63, 3.8) is 0 Å². The average Bonchev–Trinajstić information content (AvgIpc) is 3.15. The van der Waals surface area contributed by atoms with E-state index in [2.05, 4.69) is 20.9 Å². The molecule has 2 aliphatic rings. The first-order valence-electron chi connectivity index (χ1n) is 9.27. The predicted octanol–water partition coefficient (Wildman–Crippen LogP) is 1.05. The van der Waals surface area contributed by atoms with Crippen LogP contribution in [0, 0.1) is 17.2 Å². The van der Waals surface area contributed by atoms with Crippen molar-refractivity contribution in [2.75, 3.05) is 42.5 Å². The second-order valence-corrected chi connectivity index (χ2v) is 6.93. The van der Waals surface area contributed by atoms with Gasteiger partial charge >= 0.3 is 0 Å². The highest BCUT2D eigenvalue weighted by molar-refractivity contribution is 6.00. The van der Waals surface area contributed by atoms with E-state index >= 15 is 0 Å². The van der Waals surface area contributed by atoms with Gasteiger partial charge in [0.25, 0.3) is 0 Å². The molecular weight excluding hydrogens is 356 g/mol. The van der Waals surface area contributed by atoms with Crippen LogP contribution in [0.3, 0.4) is 0 Å². The molecule has 0 aliphatic carbocycles. The number of rotatable bonds is 3. The lowest BCUT2D eigenvalue weighted by atomic mass is 10.1. The number of nitrogens with zero attached hydrogens (tertiary/aromatic N) is 6. The van der Waals surface area contributed by atoms with Crippen molar-refractivity contribution >= 4 is 23.5 Å². The van der Waals surface area contributed by atoms with Gasteiger partial charge in [0.15, 0.2) is 0 Å². The molecule has 2 amide bonds. The summed E-state index contributed by atoms with van der Waals surface area (Å²) in [4.78, 5) is 39.4. The lowest BCUT2D eigenvalue weighted by molar-refractivity contribution is -0.136. The fraction of sp³-hybridized carbons (Fsp3) is 0.350. The van der Waals surface area contributed by atoms with Gasteiger partial charge in [-0.15, -0.1) is 0 Å². The van der Waals surface area contributed by atoms with Crippen molar-refractivity contribution in [3.05, 3.63) is 48.3 Å². The molecular formula is C20H20N6O2. The smallest absolute Gasteiger partial charge is 0.228 e. The van der Waals surface area contributed by atoms with Gasteiger partial charge < -0.3 is 14.7 Å². The number of benzene rings is 1. The Morgan fingerprint density at radius 2 is 1.86 bits per heavy atom. The third-order valence-corrected chi connectivity index (χ3v) is 5.19. The van der Waals surface area contributed by atoms with E-state index in [4.69, 9.17) is 5.26 Å². The van der Waals surface area contributed by atoms with Crippen LogP contribution >= 0.6 is 0 Å². The molecule has 8 heteroatoms. The van der Waals surface area contributed by atoms with Crippen LogP contribution in [0.4, 0.5) is 11.6 Å². The van der Waals surface area contributed by atoms with E-state index in [1.807, 2.05) is 4.90 Å². The number of anilines is 2. The minimum Gasteiger partial charge on any atom is -0.339 e. The summed E-state index contributed by atoms with van der Waals surface area (Å²) in [6.45, 7) is 2.88. The highest BCUT2D eigenvalue weighted by Crippen LogP contribution is 2.27. The van der Waals surface area contributed by atoms with E-state index in [0.29, 0.717) is 49.9 Å². The van der Waals surface area contributed by atoms with Crippen molar-refractivity contribution in [2.45, 2.75) is 6.42 Å². The number of hydrogen-bond acceptors (Lipinski definition) is 6. The molecule has 2 aromatic rings. The SMILES string of the molecule is N#Cc1cccc(N2CC(C(=O)N3CCN(c4ncccn4)CC3)CC2=O)c1. The number of nitriles is 1. The summed E-state index contributed by atoms with van der Waals surface area (Å²) >= 11 is 0. The number of amides is 2. The van der Waals surface area contributed by atoms with Crippen LogP contribution in [0.5, 0.6) is 0 Å². The maximum absolute atomic E-state index is 12.9.